The maximum Gasteiger partial charge on any atom is 0.271 e. The fourth-order valence-electron chi connectivity index (χ4n) is 3.37. The summed E-state index contributed by atoms with van der Waals surface area (Å²) in [5.74, 6) is 0.502. The van der Waals surface area contributed by atoms with Crippen LogP contribution in [0.3, 0.4) is 0 Å². The van der Waals surface area contributed by atoms with Crippen molar-refractivity contribution in [3.05, 3.63) is 23.7 Å². The Labute approximate surface area is 153 Å². The smallest absolute Gasteiger partial charge is 0.271 e. The topological polar surface area (TPSA) is 84.7 Å². The van der Waals surface area contributed by atoms with Gasteiger partial charge in [-0.1, -0.05) is 27.7 Å². The van der Waals surface area contributed by atoms with E-state index in [1.807, 2.05) is 6.07 Å². The minimum atomic E-state index is -0.165. The SMILES string of the molecule is CC(C)c1cc(C(=O)NCC(C(C)C)N2CCOCC2)nn2cnnc12. The summed E-state index contributed by atoms with van der Waals surface area (Å²) in [5.41, 5.74) is 2.06. The first kappa shape index (κ1) is 18.7. The number of nitrogens with zero attached hydrogens (tertiary/aromatic N) is 5. The third kappa shape index (κ3) is 4.02. The van der Waals surface area contributed by atoms with E-state index in [-0.39, 0.29) is 17.9 Å². The van der Waals surface area contributed by atoms with E-state index in [1.165, 1.54) is 6.33 Å². The van der Waals surface area contributed by atoms with Crippen LogP contribution in [0, 0.1) is 5.92 Å². The van der Waals surface area contributed by atoms with E-state index in [2.05, 4.69) is 53.2 Å². The summed E-state index contributed by atoms with van der Waals surface area (Å²) in [5, 5.41) is 15.4. The van der Waals surface area contributed by atoms with E-state index in [1.54, 1.807) is 4.52 Å². The Kier molecular flexibility index (Phi) is 5.83. The van der Waals surface area contributed by atoms with Crippen molar-refractivity contribution in [2.24, 2.45) is 5.92 Å². The molecule has 8 nitrogen and oxygen atoms in total. The van der Waals surface area contributed by atoms with Crippen LogP contribution in [0.5, 0.6) is 0 Å². The van der Waals surface area contributed by atoms with E-state index in [0.29, 0.717) is 23.8 Å². The Bertz CT molecular complexity index is 751. The molecule has 2 aromatic heterocycles. The highest BCUT2D eigenvalue weighted by Gasteiger charge is 2.25. The Morgan fingerprint density at radius 1 is 1.27 bits per heavy atom. The van der Waals surface area contributed by atoms with Crippen LogP contribution in [0.15, 0.2) is 12.4 Å². The minimum absolute atomic E-state index is 0.165. The number of carbonyl (C=O) groups is 1. The fourth-order valence-corrected chi connectivity index (χ4v) is 3.37. The lowest BCUT2D eigenvalue weighted by atomic mass is 10.0. The van der Waals surface area contributed by atoms with Crippen LogP contribution in [0.25, 0.3) is 5.65 Å². The minimum Gasteiger partial charge on any atom is -0.379 e. The second kappa shape index (κ2) is 8.09. The molecule has 3 rings (SSSR count). The molecule has 0 aliphatic carbocycles. The van der Waals surface area contributed by atoms with Crippen molar-refractivity contribution in [2.45, 2.75) is 39.7 Å². The van der Waals surface area contributed by atoms with Gasteiger partial charge < -0.3 is 10.1 Å². The molecule has 1 atom stereocenters. The molecular formula is C18H28N6O2. The Morgan fingerprint density at radius 2 is 2.00 bits per heavy atom. The van der Waals surface area contributed by atoms with Crippen LogP contribution in [-0.4, -0.2) is 69.5 Å². The number of ether oxygens (including phenoxy) is 1. The van der Waals surface area contributed by atoms with E-state index < -0.39 is 0 Å². The molecule has 1 saturated heterocycles. The number of hydrogen-bond donors (Lipinski definition) is 1. The first-order valence-corrected chi connectivity index (χ1v) is 9.28. The predicted molar refractivity (Wildman–Crippen MR) is 98.2 cm³/mol. The largest absolute Gasteiger partial charge is 0.379 e. The molecule has 1 amide bonds. The van der Waals surface area contributed by atoms with E-state index in [0.717, 1.165) is 31.9 Å². The van der Waals surface area contributed by atoms with E-state index >= 15 is 0 Å². The molecule has 1 aliphatic rings. The molecule has 0 spiro atoms. The standard InChI is InChI=1S/C18H28N6O2/c1-12(2)14-9-15(22-24-11-20-21-17(14)24)18(25)19-10-16(13(3)4)23-5-7-26-8-6-23/h9,11-13,16H,5-8,10H2,1-4H3,(H,19,25). The number of fused-ring (bicyclic) bond motifs is 1. The van der Waals surface area contributed by atoms with Crippen molar-refractivity contribution in [3.8, 4) is 0 Å². The zero-order valence-electron chi connectivity index (χ0n) is 16.0. The van der Waals surface area contributed by atoms with Gasteiger partial charge in [0, 0.05) is 31.2 Å². The number of aromatic nitrogens is 4. The van der Waals surface area contributed by atoms with Gasteiger partial charge in [0.2, 0.25) is 0 Å². The van der Waals surface area contributed by atoms with Gasteiger partial charge in [0.1, 0.15) is 12.0 Å². The first-order valence-electron chi connectivity index (χ1n) is 9.28. The third-order valence-corrected chi connectivity index (χ3v) is 4.91. The molecule has 26 heavy (non-hydrogen) atoms. The third-order valence-electron chi connectivity index (χ3n) is 4.91. The molecule has 0 radical (unpaired) electrons. The molecule has 1 N–H and O–H groups in total. The lowest BCUT2D eigenvalue weighted by Crippen LogP contribution is -2.51. The van der Waals surface area contributed by atoms with Crippen molar-refractivity contribution >= 4 is 11.6 Å². The molecule has 8 heteroatoms. The summed E-state index contributed by atoms with van der Waals surface area (Å²) in [4.78, 5) is 15.1. The van der Waals surface area contributed by atoms with Crippen LogP contribution in [0.2, 0.25) is 0 Å². The van der Waals surface area contributed by atoms with Crippen LogP contribution >= 0.6 is 0 Å². The number of nitrogens with one attached hydrogen (secondary N) is 1. The monoisotopic (exact) mass is 360 g/mol. The molecular weight excluding hydrogens is 332 g/mol. The summed E-state index contributed by atoms with van der Waals surface area (Å²) in [7, 11) is 0. The summed E-state index contributed by atoms with van der Waals surface area (Å²) < 4.78 is 7.02. The zero-order valence-corrected chi connectivity index (χ0v) is 16.0. The van der Waals surface area contributed by atoms with Crippen molar-refractivity contribution in [1.29, 1.82) is 0 Å². The predicted octanol–water partition coefficient (Wildman–Crippen LogP) is 1.33. The molecule has 2 aromatic rings. The molecule has 1 aliphatic heterocycles. The van der Waals surface area contributed by atoms with E-state index in [9.17, 15) is 4.79 Å². The summed E-state index contributed by atoms with van der Waals surface area (Å²) in [6.45, 7) is 12.4. The highest BCUT2D eigenvalue weighted by atomic mass is 16.5. The van der Waals surface area contributed by atoms with Crippen LogP contribution in [0.4, 0.5) is 0 Å². The normalized spacial score (nSPS) is 17.2. The number of amides is 1. The van der Waals surface area contributed by atoms with Crippen molar-refractivity contribution in [3.63, 3.8) is 0 Å². The fraction of sp³-hybridized carbons (Fsp3) is 0.667. The van der Waals surface area contributed by atoms with Crippen molar-refractivity contribution in [1.82, 2.24) is 30.0 Å². The molecule has 1 unspecified atom stereocenters. The van der Waals surface area contributed by atoms with Gasteiger partial charge in [0.15, 0.2) is 5.65 Å². The molecule has 0 aromatic carbocycles. The molecule has 142 valence electrons. The summed E-state index contributed by atoms with van der Waals surface area (Å²) in [6, 6.07) is 2.11. The highest BCUT2D eigenvalue weighted by molar-refractivity contribution is 5.92. The zero-order chi connectivity index (χ0) is 18.7. The molecule has 1 fully saturated rings. The maximum atomic E-state index is 12.7. The van der Waals surface area contributed by atoms with Gasteiger partial charge in [-0.05, 0) is 17.9 Å². The Hall–Kier alpha value is -2.06. The number of carbonyl (C=O) groups excluding carboxylic acids is 1. The lowest BCUT2D eigenvalue weighted by molar-refractivity contribution is 0.00671. The van der Waals surface area contributed by atoms with Crippen LogP contribution in [0.1, 0.15) is 49.7 Å². The number of rotatable bonds is 6. The maximum absolute atomic E-state index is 12.7. The van der Waals surface area contributed by atoms with Gasteiger partial charge >= 0.3 is 0 Å². The van der Waals surface area contributed by atoms with Crippen LogP contribution < -0.4 is 5.32 Å². The van der Waals surface area contributed by atoms with Gasteiger partial charge in [-0.15, -0.1) is 10.2 Å². The number of morpholine rings is 1. The first-order chi connectivity index (χ1) is 12.5. The average molecular weight is 360 g/mol. The van der Waals surface area contributed by atoms with Crippen molar-refractivity contribution < 1.29 is 9.53 Å². The molecule has 0 saturated carbocycles. The van der Waals surface area contributed by atoms with Gasteiger partial charge in [-0.25, -0.2) is 0 Å². The average Bonchev–Trinajstić information content (AvgIpc) is 3.09. The van der Waals surface area contributed by atoms with Crippen LogP contribution in [-0.2, 0) is 4.74 Å². The second-order valence-corrected chi connectivity index (χ2v) is 7.41. The Morgan fingerprint density at radius 3 is 2.65 bits per heavy atom. The quantitative estimate of drug-likeness (QED) is 0.837. The molecule has 0 bridgehead atoms. The molecule has 3 heterocycles. The lowest BCUT2D eigenvalue weighted by Gasteiger charge is -2.36. The number of hydrogen-bond acceptors (Lipinski definition) is 6. The highest BCUT2D eigenvalue weighted by Crippen LogP contribution is 2.19. The van der Waals surface area contributed by atoms with E-state index in [4.69, 9.17) is 4.74 Å². The van der Waals surface area contributed by atoms with Gasteiger partial charge in [-0.3, -0.25) is 9.69 Å². The summed E-state index contributed by atoms with van der Waals surface area (Å²) >= 11 is 0. The summed E-state index contributed by atoms with van der Waals surface area (Å²) in [6.07, 6.45) is 1.53. The van der Waals surface area contributed by atoms with Gasteiger partial charge in [-0.2, -0.15) is 9.61 Å². The second-order valence-electron chi connectivity index (χ2n) is 7.41. The van der Waals surface area contributed by atoms with Gasteiger partial charge in [0.05, 0.1) is 13.2 Å². The van der Waals surface area contributed by atoms with Gasteiger partial charge in [0.25, 0.3) is 5.91 Å². The Balaban J connectivity index is 1.73. The van der Waals surface area contributed by atoms with Crippen molar-refractivity contribution in [2.75, 3.05) is 32.8 Å².